The Morgan fingerprint density at radius 1 is 1.18 bits per heavy atom. The Hall–Kier alpha value is -2.08. The summed E-state index contributed by atoms with van der Waals surface area (Å²) >= 11 is 3.34. The molecule has 0 aliphatic rings. The van der Waals surface area contributed by atoms with Crippen LogP contribution in [0.25, 0.3) is 0 Å². The summed E-state index contributed by atoms with van der Waals surface area (Å²) in [6.45, 7) is 8.35. The second-order valence-electron chi connectivity index (χ2n) is 7.75. The molecule has 0 saturated carbocycles. The first kappa shape index (κ1) is 27.2. The van der Waals surface area contributed by atoms with Gasteiger partial charge in [0.05, 0.1) is 41.2 Å². The van der Waals surface area contributed by atoms with Crippen molar-refractivity contribution in [1.82, 2.24) is 4.67 Å². The number of nitro benzene ring substituents is 1. The van der Waals surface area contributed by atoms with Crippen molar-refractivity contribution in [3.8, 4) is 11.8 Å². The summed E-state index contributed by atoms with van der Waals surface area (Å²) in [7, 11) is -0.142. The Morgan fingerprint density at radius 2 is 1.82 bits per heavy atom. The van der Waals surface area contributed by atoms with Gasteiger partial charge in [0, 0.05) is 18.2 Å². The minimum absolute atomic E-state index is 0.0871. The molecule has 0 aliphatic heterocycles. The molecule has 0 radical (unpaired) electrons. The topological polar surface area (TPSA) is 97.9 Å². The second kappa shape index (κ2) is 13.0. The average Bonchev–Trinajstić information content (AvgIpc) is 2.77. The first-order valence-electron chi connectivity index (χ1n) is 10.5. The molecule has 0 bridgehead atoms. The highest BCUT2D eigenvalue weighted by Gasteiger charge is 2.34. The van der Waals surface area contributed by atoms with E-state index in [1.54, 1.807) is 6.07 Å². The molecule has 0 spiro atoms. The van der Waals surface area contributed by atoms with E-state index >= 15 is 0 Å². The van der Waals surface area contributed by atoms with Gasteiger partial charge in [-0.15, -0.1) is 0 Å². The summed E-state index contributed by atoms with van der Waals surface area (Å²) < 4.78 is 20.6. The van der Waals surface area contributed by atoms with E-state index in [0.717, 1.165) is 5.56 Å². The zero-order chi connectivity index (χ0) is 24.5. The van der Waals surface area contributed by atoms with Crippen molar-refractivity contribution in [3.63, 3.8) is 0 Å². The summed E-state index contributed by atoms with van der Waals surface area (Å²) in [5.41, 5.74) is 1.01. The first-order valence-corrected chi connectivity index (χ1v) is 12.4. The molecule has 0 N–H and O–H groups in total. The number of halogens is 1. The summed E-state index contributed by atoms with van der Waals surface area (Å²) in [4.78, 5) is 11.5. The molecule has 10 heteroatoms. The van der Waals surface area contributed by atoms with Crippen LogP contribution in [0.4, 0.5) is 5.69 Å². The van der Waals surface area contributed by atoms with Gasteiger partial charge in [-0.1, -0.05) is 30.3 Å². The van der Waals surface area contributed by atoms with Gasteiger partial charge < -0.3 is 13.8 Å². The van der Waals surface area contributed by atoms with Crippen LogP contribution in [0.5, 0.6) is 5.75 Å². The second-order valence-corrected chi connectivity index (χ2v) is 10.0. The quantitative estimate of drug-likeness (QED) is 0.128. The first-order chi connectivity index (χ1) is 15.7. The molecule has 2 aromatic rings. The van der Waals surface area contributed by atoms with Gasteiger partial charge in [-0.05, 0) is 55.3 Å². The van der Waals surface area contributed by atoms with E-state index in [9.17, 15) is 10.1 Å². The number of hydrogen-bond donors (Lipinski definition) is 0. The van der Waals surface area contributed by atoms with Gasteiger partial charge in [-0.3, -0.25) is 10.1 Å². The highest BCUT2D eigenvalue weighted by Crippen LogP contribution is 2.52. The molecule has 178 valence electrons. The smallest absolute Gasteiger partial charge is 0.276 e. The Balaban J connectivity index is 2.64. The molecule has 2 rings (SSSR count). The number of ether oxygens (including phenoxy) is 1. The minimum Gasteiger partial charge on any atom is -0.496 e. The fourth-order valence-electron chi connectivity index (χ4n) is 3.39. The fourth-order valence-corrected chi connectivity index (χ4v) is 5.61. The van der Waals surface area contributed by atoms with Gasteiger partial charge in [-0.2, -0.15) is 5.26 Å². The molecule has 33 heavy (non-hydrogen) atoms. The molecular formula is C23H29BrN3O5P. The molecular weight excluding hydrogens is 509 g/mol. The van der Waals surface area contributed by atoms with Crippen molar-refractivity contribution >= 4 is 30.1 Å². The maximum absolute atomic E-state index is 12.0. The van der Waals surface area contributed by atoms with Gasteiger partial charge in [0.25, 0.3) is 14.2 Å². The molecule has 0 saturated heterocycles. The molecule has 2 aromatic carbocycles. The Bertz CT molecular complexity index is 961. The predicted octanol–water partition coefficient (Wildman–Crippen LogP) is 6.75. The minimum atomic E-state index is -1.65. The zero-order valence-electron chi connectivity index (χ0n) is 19.4. The number of benzene rings is 2. The molecule has 0 heterocycles. The Morgan fingerprint density at radius 3 is 2.33 bits per heavy atom. The third kappa shape index (κ3) is 7.20. The standard InChI is InChI=1S/C23H29BrN3O5P/c1-16(2)26(17(3)4)33(31-13-9-12-25)32-23(18-10-7-6-8-11-18)19-14-22(30-5)20(24)15-21(19)27(28)29/h6-8,10-11,14-17,23H,9,13H2,1-5H3. The molecule has 0 aliphatic carbocycles. The van der Waals surface area contributed by atoms with E-state index < -0.39 is 19.6 Å². The van der Waals surface area contributed by atoms with E-state index in [4.69, 9.17) is 19.0 Å². The molecule has 2 unspecified atom stereocenters. The Labute approximate surface area is 204 Å². The lowest BCUT2D eigenvalue weighted by Gasteiger charge is -2.37. The van der Waals surface area contributed by atoms with Crippen molar-refractivity contribution in [2.45, 2.75) is 52.3 Å². The van der Waals surface area contributed by atoms with Crippen LogP contribution in [0.3, 0.4) is 0 Å². The number of hydrogen-bond acceptors (Lipinski definition) is 7. The van der Waals surface area contributed by atoms with Crippen LogP contribution < -0.4 is 4.74 Å². The normalized spacial score (nSPS) is 13.2. The maximum atomic E-state index is 12.0. The lowest BCUT2D eigenvalue weighted by Crippen LogP contribution is -2.34. The molecule has 0 aromatic heterocycles. The highest BCUT2D eigenvalue weighted by atomic mass is 79.9. The lowest BCUT2D eigenvalue weighted by molar-refractivity contribution is -0.386. The number of rotatable bonds is 12. The molecule has 2 atom stereocenters. The molecule has 0 amide bonds. The van der Waals surface area contributed by atoms with Crippen LogP contribution in [0.1, 0.15) is 51.3 Å². The van der Waals surface area contributed by atoms with Crippen molar-refractivity contribution in [3.05, 3.63) is 68.2 Å². The zero-order valence-corrected chi connectivity index (χ0v) is 21.9. The van der Waals surface area contributed by atoms with Crippen LogP contribution in [0.2, 0.25) is 0 Å². The van der Waals surface area contributed by atoms with Crippen molar-refractivity contribution in [1.29, 1.82) is 5.26 Å². The highest BCUT2D eigenvalue weighted by molar-refractivity contribution is 9.10. The summed E-state index contributed by atoms with van der Waals surface area (Å²) in [6, 6.07) is 14.6. The van der Waals surface area contributed by atoms with Crippen molar-refractivity contribution < 1.29 is 18.7 Å². The predicted molar refractivity (Wildman–Crippen MR) is 132 cm³/mol. The Kier molecular flexibility index (Phi) is 10.7. The average molecular weight is 538 g/mol. The SMILES string of the molecule is COc1cc(C(OP(OCCC#N)N(C(C)C)C(C)C)c2ccccc2)c([N+](=O)[O-])cc1Br. The summed E-state index contributed by atoms with van der Waals surface area (Å²) in [5.74, 6) is 0.458. The van der Waals surface area contributed by atoms with Gasteiger partial charge in [0.2, 0.25) is 0 Å². The number of nitriles is 1. The van der Waals surface area contributed by atoms with Crippen LogP contribution >= 0.6 is 24.5 Å². The van der Waals surface area contributed by atoms with Gasteiger partial charge in [0.15, 0.2) is 0 Å². The molecule has 0 fully saturated rings. The third-order valence-corrected chi connectivity index (χ3v) is 7.46. The van der Waals surface area contributed by atoms with Crippen molar-refractivity contribution in [2.24, 2.45) is 0 Å². The number of nitrogens with zero attached hydrogens (tertiary/aromatic N) is 3. The van der Waals surface area contributed by atoms with Crippen molar-refractivity contribution in [2.75, 3.05) is 13.7 Å². The third-order valence-electron chi connectivity index (χ3n) is 4.74. The largest absolute Gasteiger partial charge is 0.496 e. The van der Waals surface area contributed by atoms with E-state index in [0.29, 0.717) is 15.8 Å². The van der Waals surface area contributed by atoms with Gasteiger partial charge in [-0.25, -0.2) is 4.67 Å². The van der Waals surface area contributed by atoms with E-state index in [1.807, 2.05) is 58.0 Å². The van der Waals surface area contributed by atoms with Crippen LogP contribution in [0.15, 0.2) is 46.9 Å². The monoisotopic (exact) mass is 537 g/mol. The number of methoxy groups -OCH3 is 1. The lowest BCUT2D eigenvalue weighted by atomic mass is 10.00. The molecule has 8 nitrogen and oxygen atoms in total. The number of nitro groups is 1. The summed E-state index contributed by atoms with van der Waals surface area (Å²) in [6.07, 6.45) is -0.573. The van der Waals surface area contributed by atoms with Crippen LogP contribution in [-0.2, 0) is 9.05 Å². The van der Waals surface area contributed by atoms with Gasteiger partial charge in [0.1, 0.15) is 11.9 Å². The van der Waals surface area contributed by atoms with Gasteiger partial charge >= 0.3 is 0 Å². The maximum Gasteiger partial charge on any atom is 0.276 e. The summed E-state index contributed by atoms with van der Waals surface area (Å²) in [5, 5.41) is 21.0. The van der Waals surface area contributed by atoms with E-state index in [-0.39, 0.29) is 30.8 Å². The van der Waals surface area contributed by atoms with Crippen LogP contribution in [0, 0.1) is 21.4 Å². The van der Waals surface area contributed by atoms with Crippen LogP contribution in [-0.4, -0.2) is 35.4 Å². The fraction of sp³-hybridized carbons (Fsp3) is 0.435. The van der Waals surface area contributed by atoms with E-state index in [2.05, 4.69) is 26.7 Å². The van der Waals surface area contributed by atoms with E-state index in [1.165, 1.54) is 13.2 Å².